The molecule has 3 heterocycles. The zero-order valence-electron chi connectivity index (χ0n) is 10.3. The van der Waals surface area contributed by atoms with Gasteiger partial charge in [-0.25, -0.2) is 4.98 Å². The lowest BCUT2D eigenvalue weighted by molar-refractivity contribution is 0.286. The van der Waals surface area contributed by atoms with Crippen molar-refractivity contribution in [1.82, 2.24) is 14.5 Å². The van der Waals surface area contributed by atoms with E-state index in [-0.39, 0.29) is 0 Å². The van der Waals surface area contributed by atoms with Crippen LogP contribution in [-0.2, 0) is 13.0 Å². The Morgan fingerprint density at radius 2 is 2.25 bits per heavy atom. The minimum atomic E-state index is 0.569. The summed E-state index contributed by atoms with van der Waals surface area (Å²) < 4.78 is 2.49. The molecule has 16 heavy (non-hydrogen) atoms. The molecule has 0 bridgehead atoms. The van der Waals surface area contributed by atoms with E-state index < -0.39 is 0 Å². The monoisotopic (exact) mass is 219 g/mol. The average Bonchev–Trinajstić information content (AvgIpc) is 2.83. The van der Waals surface area contributed by atoms with E-state index in [1.54, 1.807) is 0 Å². The topological polar surface area (TPSA) is 21.1 Å². The number of nitrogens with zero attached hydrogens (tertiary/aromatic N) is 3. The summed E-state index contributed by atoms with van der Waals surface area (Å²) in [5.74, 6) is 2.13. The molecule has 0 spiro atoms. The fourth-order valence-corrected chi connectivity index (χ4v) is 3.14. The number of hydrogen-bond donors (Lipinski definition) is 0. The van der Waals surface area contributed by atoms with E-state index >= 15 is 0 Å². The smallest absolute Gasteiger partial charge is 0.126 e. The Morgan fingerprint density at radius 3 is 3.00 bits per heavy atom. The van der Waals surface area contributed by atoms with Crippen LogP contribution >= 0.6 is 0 Å². The molecule has 88 valence electrons. The molecule has 1 aromatic heterocycles. The predicted molar refractivity (Wildman–Crippen MR) is 64.3 cm³/mol. The first-order chi connectivity index (χ1) is 7.75. The highest BCUT2D eigenvalue weighted by Crippen LogP contribution is 2.32. The van der Waals surface area contributed by atoms with Gasteiger partial charge >= 0.3 is 0 Å². The second-order valence-corrected chi connectivity index (χ2v) is 5.50. The lowest BCUT2D eigenvalue weighted by atomic mass is 10.00. The van der Waals surface area contributed by atoms with E-state index in [0.29, 0.717) is 6.04 Å². The average molecular weight is 219 g/mol. The summed E-state index contributed by atoms with van der Waals surface area (Å²) >= 11 is 0. The van der Waals surface area contributed by atoms with Crippen LogP contribution in [0, 0.1) is 5.92 Å². The van der Waals surface area contributed by atoms with E-state index in [4.69, 9.17) is 0 Å². The van der Waals surface area contributed by atoms with Gasteiger partial charge in [0.2, 0.25) is 0 Å². The van der Waals surface area contributed by atoms with Crippen molar-refractivity contribution >= 4 is 0 Å². The number of aryl methyl sites for hydroxylation is 1. The van der Waals surface area contributed by atoms with Crippen molar-refractivity contribution in [1.29, 1.82) is 0 Å². The van der Waals surface area contributed by atoms with E-state index in [1.807, 2.05) is 0 Å². The van der Waals surface area contributed by atoms with E-state index in [0.717, 1.165) is 5.92 Å². The normalized spacial score (nSPS) is 30.6. The van der Waals surface area contributed by atoms with Gasteiger partial charge in [0.1, 0.15) is 5.82 Å². The Labute approximate surface area is 97.5 Å². The lowest BCUT2D eigenvalue weighted by Crippen LogP contribution is -2.25. The first-order valence-electron chi connectivity index (χ1n) is 6.50. The number of hydrogen-bond acceptors (Lipinski definition) is 2. The standard InChI is InChI=1S/C13H21N3/c1-10-5-6-11-8-14-13(16(11)9-10)12-4-3-7-15(12)2/h8,10,12H,3-7,9H2,1-2H3. The van der Waals surface area contributed by atoms with Crippen molar-refractivity contribution in [3.8, 4) is 0 Å². The van der Waals surface area contributed by atoms with Crippen LogP contribution in [0.5, 0.6) is 0 Å². The molecule has 3 rings (SSSR count). The zero-order chi connectivity index (χ0) is 11.1. The summed E-state index contributed by atoms with van der Waals surface area (Å²) in [6.07, 6.45) is 7.24. The Balaban J connectivity index is 1.93. The van der Waals surface area contributed by atoms with Gasteiger partial charge in [-0.3, -0.25) is 4.90 Å². The summed E-state index contributed by atoms with van der Waals surface area (Å²) in [7, 11) is 2.23. The highest BCUT2D eigenvalue weighted by molar-refractivity contribution is 5.12. The third kappa shape index (κ3) is 1.58. The van der Waals surface area contributed by atoms with Crippen LogP contribution in [0.3, 0.4) is 0 Å². The highest BCUT2D eigenvalue weighted by Gasteiger charge is 2.29. The van der Waals surface area contributed by atoms with Gasteiger partial charge in [0.25, 0.3) is 0 Å². The van der Waals surface area contributed by atoms with Gasteiger partial charge < -0.3 is 4.57 Å². The number of imidazole rings is 1. The molecule has 1 aromatic rings. The second-order valence-electron chi connectivity index (χ2n) is 5.50. The van der Waals surface area contributed by atoms with Gasteiger partial charge in [0.15, 0.2) is 0 Å². The first-order valence-corrected chi connectivity index (χ1v) is 6.50. The number of likely N-dealkylation sites (tertiary alicyclic amines) is 1. The van der Waals surface area contributed by atoms with Crippen LogP contribution in [0.25, 0.3) is 0 Å². The summed E-state index contributed by atoms with van der Waals surface area (Å²) in [5.41, 5.74) is 1.45. The van der Waals surface area contributed by atoms with Crippen molar-refractivity contribution in [3.63, 3.8) is 0 Å². The molecule has 2 aliphatic rings. The third-order valence-corrected chi connectivity index (χ3v) is 4.18. The van der Waals surface area contributed by atoms with Crippen LogP contribution in [-0.4, -0.2) is 28.0 Å². The molecule has 1 fully saturated rings. The van der Waals surface area contributed by atoms with Crippen LogP contribution in [0.4, 0.5) is 0 Å². The molecule has 0 amide bonds. The van der Waals surface area contributed by atoms with Gasteiger partial charge in [-0.15, -0.1) is 0 Å². The molecule has 0 saturated carbocycles. The van der Waals surface area contributed by atoms with Gasteiger partial charge in [-0.1, -0.05) is 6.92 Å². The maximum Gasteiger partial charge on any atom is 0.126 e. The quantitative estimate of drug-likeness (QED) is 0.722. The maximum atomic E-state index is 4.69. The molecule has 1 saturated heterocycles. The van der Waals surface area contributed by atoms with E-state index in [2.05, 4.69) is 34.6 Å². The minimum absolute atomic E-state index is 0.569. The Morgan fingerprint density at radius 1 is 1.38 bits per heavy atom. The van der Waals surface area contributed by atoms with Crippen LogP contribution in [0.15, 0.2) is 6.20 Å². The first kappa shape index (κ1) is 10.3. The molecule has 2 unspecified atom stereocenters. The minimum Gasteiger partial charge on any atom is -0.330 e. The molecule has 0 aromatic carbocycles. The van der Waals surface area contributed by atoms with Crippen LogP contribution in [0.1, 0.15) is 43.7 Å². The molecular weight excluding hydrogens is 198 g/mol. The van der Waals surface area contributed by atoms with Crippen molar-refractivity contribution in [3.05, 3.63) is 17.7 Å². The largest absolute Gasteiger partial charge is 0.330 e. The molecule has 3 nitrogen and oxygen atoms in total. The second kappa shape index (κ2) is 3.88. The Kier molecular flexibility index (Phi) is 2.51. The van der Waals surface area contributed by atoms with Crippen LogP contribution < -0.4 is 0 Å². The Bertz CT molecular complexity index is 383. The van der Waals surface area contributed by atoms with Gasteiger partial charge in [0.05, 0.1) is 6.04 Å². The Hall–Kier alpha value is -0.830. The summed E-state index contributed by atoms with van der Waals surface area (Å²) in [4.78, 5) is 7.14. The SMILES string of the molecule is CC1CCc2cnc(C3CCCN3C)n2C1. The van der Waals surface area contributed by atoms with Gasteiger partial charge in [-0.05, 0) is 45.2 Å². The molecule has 0 radical (unpaired) electrons. The molecular formula is C13H21N3. The molecule has 2 atom stereocenters. The molecule has 2 aliphatic heterocycles. The number of aromatic nitrogens is 2. The number of fused-ring (bicyclic) bond motifs is 1. The molecule has 3 heteroatoms. The molecule has 0 aliphatic carbocycles. The highest BCUT2D eigenvalue weighted by atomic mass is 15.2. The number of rotatable bonds is 1. The van der Waals surface area contributed by atoms with Crippen LogP contribution in [0.2, 0.25) is 0 Å². The summed E-state index contributed by atoms with van der Waals surface area (Å²) in [6, 6.07) is 0.569. The van der Waals surface area contributed by atoms with Gasteiger partial charge in [-0.2, -0.15) is 0 Å². The van der Waals surface area contributed by atoms with Crippen molar-refractivity contribution < 1.29 is 0 Å². The summed E-state index contributed by atoms with van der Waals surface area (Å²) in [5, 5.41) is 0. The van der Waals surface area contributed by atoms with Crippen molar-refractivity contribution in [2.45, 2.75) is 45.2 Å². The van der Waals surface area contributed by atoms with E-state index in [9.17, 15) is 0 Å². The molecule has 0 N–H and O–H groups in total. The summed E-state index contributed by atoms with van der Waals surface area (Å²) in [6.45, 7) is 4.75. The zero-order valence-corrected chi connectivity index (χ0v) is 10.3. The fourth-order valence-electron chi connectivity index (χ4n) is 3.14. The van der Waals surface area contributed by atoms with Crippen molar-refractivity contribution in [2.75, 3.05) is 13.6 Å². The van der Waals surface area contributed by atoms with Crippen molar-refractivity contribution in [2.24, 2.45) is 5.92 Å². The van der Waals surface area contributed by atoms with E-state index in [1.165, 1.54) is 50.3 Å². The lowest BCUT2D eigenvalue weighted by Gasteiger charge is -2.26. The predicted octanol–water partition coefficient (Wildman–Crippen LogP) is 2.23. The fraction of sp³-hybridized carbons (Fsp3) is 0.769. The maximum absolute atomic E-state index is 4.69. The van der Waals surface area contributed by atoms with Gasteiger partial charge in [0, 0.05) is 18.4 Å². The third-order valence-electron chi connectivity index (χ3n) is 4.18.